The molecule has 2 aromatic rings. The van der Waals surface area contributed by atoms with Gasteiger partial charge in [-0.3, -0.25) is 9.59 Å². The van der Waals surface area contributed by atoms with Gasteiger partial charge in [-0.25, -0.2) is 4.98 Å². The molecule has 0 bridgehead atoms. The van der Waals surface area contributed by atoms with E-state index in [1.54, 1.807) is 17.4 Å². The smallest absolute Gasteiger partial charge is 0.245 e. The number of carbonyl (C=O) groups excluding carboxylic acids is 2. The maximum absolute atomic E-state index is 12.5. The second kappa shape index (κ2) is 7.34. The Morgan fingerprint density at radius 1 is 1.32 bits per heavy atom. The van der Waals surface area contributed by atoms with Gasteiger partial charge < -0.3 is 14.8 Å². The number of rotatable bonds is 4. The molecule has 0 saturated carbocycles. The van der Waals surface area contributed by atoms with Gasteiger partial charge in [0.1, 0.15) is 0 Å². The second-order valence-corrected chi connectivity index (χ2v) is 6.26. The summed E-state index contributed by atoms with van der Waals surface area (Å²) in [5.41, 5.74) is 2.88. The lowest BCUT2D eigenvalue weighted by atomic mass is 9.95. The van der Waals surface area contributed by atoms with Gasteiger partial charge in [0, 0.05) is 42.8 Å². The summed E-state index contributed by atoms with van der Waals surface area (Å²) >= 11 is 0. The average molecular weight is 338 g/mol. The van der Waals surface area contributed by atoms with Gasteiger partial charge in [0.2, 0.25) is 11.8 Å². The van der Waals surface area contributed by atoms with Gasteiger partial charge in [0.15, 0.2) is 0 Å². The van der Waals surface area contributed by atoms with E-state index >= 15 is 0 Å². The first-order valence-electron chi connectivity index (χ1n) is 8.39. The van der Waals surface area contributed by atoms with Crippen LogP contribution >= 0.6 is 0 Å². The van der Waals surface area contributed by atoms with Crippen molar-refractivity contribution in [2.45, 2.75) is 19.8 Å². The Morgan fingerprint density at radius 3 is 2.68 bits per heavy atom. The van der Waals surface area contributed by atoms with Gasteiger partial charge in [0.05, 0.1) is 6.33 Å². The largest absolute Gasteiger partial charge is 0.339 e. The number of anilines is 1. The average Bonchev–Trinajstić information content (AvgIpc) is 3.15. The molecular weight excluding hydrogens is 316 g/mol. The van der Waals surface area contributed by atoms with Crippen molar-refractivity contribution in [1.29, 1.82) is 0 Å². The van der Waals surface area contributed by atoms with Crippen LogP contribution in [0.4, 0.5) is 5.69 Å². The number of piperidine rings is 1. The number of imidazole rings is 1. The van der Waals surface area contributed by atoms with Gasteiger partial charge in [-0.15, -0.1) is 0 Å². The molecule has 1 aromatic carbocycles. The number of benzene rings is 1. The summed E-state index contributed by atoms with van der Waals surface area (Å²) in [5, 5.41) is 3.00. The molecule has 2 amide bonds. The summed E-state index contributed by atoms with van der Waals surface area (Å²) in [6.45, 7) is 6.71. The zero-order chi connectivity index (χ0) is 17.8. The van der Waals surface area contributed by atoms with E-state index < -0.39 is 0 Å². The quantitative estimate of drug-likeness (QED) is 0.871. The number of hydrogen-bond donors (Lipinski definition) is 1. The van der Waals surface area contributed by atoms with Crippen LogP contribution in [-0.4, -0.2) is 39.4 Å². The standard InChI is InChI=1S/C19H22N4O2/c1-3-18(24)22-9-6-15(7-10-22)19(25)21-16-4-5-17(14(2)12-16)23-11-8-20-13-23/h3-5,8,11-13,15H,1,6-7,9-10H2,2H3,(H,21,25). The minimum Gasteiger partial charge on any atom is -0.339 e. The number of nitrogens with zero attached hydrogens (tertiary/aromatic N) is 3. The molecular formula is C19H22N4O2. The molecule has 3 rings (SSSR count). The fourth-order valence-corrected chi connectivity index (χ4v) is 3.16. The molecule has 0 spiro atoms. The monoisotopic (exact) mass is 338 g/mol. The van der Waals surface area contributed by atoms with Crippen LogP contribution in [0.3, 0.4) is 0 Å². The van der Waals surface area contributed by atoms with Crippen LogP contribution in [0.1, 0.15) is 18.4 Å². The number of hydrogen-bond acceptors (Lipinski definition) is 3. The molecule has 0 radical (unpaired) electrons. The highest BCUT2D eigenvalue weighted by molar-refractivity contribution is 5.93. The first kappa shape index (κ1) is 17.0. The van der Waals surface area contributed by atoms with Crippen LogP contribution in [-0.2, 0) is 9.59 Å². The summed E-state index contributed by atoms with van der Waals surface area (Å²) in [4.78, 5) is 29.9. The maximum atomic E-state index is 12.5. The predicted octanol–water partition coefficient (Wildman–Crippen LogP) is 2.54. The third-order valence-electron chi connectivity index (χ3n) is 4.60. The Labute approximate surface area is 147 Å². The molecule has 1 aliphatic heterocycles. The van der Waals surface area contributed by atoms with E-state index in [0.717, 1.165) is 16.9 Å². The molecule has 1 fully saturated rings. The molecule has 25 heavy (non-hydrogen) atoms. The van der Waals surface area contributed by atoms with E-state index in [0.29, 0.717) is 25.9 Å². The number of likely N-dealkylation sites (tertiary alicyclic amines) is 1. The van der Waals surface area contributed by atoms with Gasteiger partial charge in [-0.05, 0) is 49.6 Å². The molecule has 1 aliphatic rings. The van der Waals surface area contributed by atoms with Crippen LogP contribution in [0, 0.1) is 12.8 Å². The summed E-state index contributed by atoms with van der Waals surface area (Å²) in [6, 6.07) is 5.83. The van der Waals surface area contributed by atoms with E-state index in [4.69, 9.17) is 0 Å². The SMILES string of the molecule is C=CC(=O)N1CCC(C(=O)Nc2ccc(-n3ccnc3)c(C)c2)CC1. The Balaban J connectivity index is 1.61. The molecule has 0 atom stereocenters. The fraction of sp³-hybridized carbons (Fsp3) is 0.316. The summed E-state index contributed by atoms with van der Waals surface area (Å²) < 4.78 is 1.94. The Bertz CT molecular complexity index is 775. The molecule has 0 aliphatic carbocycles. The number of amides is 2. The van der Waals surface area contributed by atoms with E-state index in [9.17, 15) is 9.59 Å². The predicted molar refractivity (Wildman–Crippen MR) is 96.4 cm³/mol. The van der Waals surface area contributed by atoms with Crippen LogP contribution in [0.2, 0.25) is 0 Å². The minimum atomic E-state index is -0.0671. The molecule has 1 saturated heterocycles. The van der Waals surface area contributed by atoms with Crippen molar-refractivity contribution in [3.63, 3.8) is 0 Å². The highest BCUT2D eigenvalue weighted by Gasteiger charge is 2.26. The summed E-state index contributed by atoms with van der Waals surface area (Å²) in [5.74, 6) is -0.118. The van der Waals surface area contributed by atoms with Gasteiger partial charge in [-0.1, -0.05) is 6.58 Å². The lowest BCUT2D eigenvalue weighted by Crippen LogP contribution is -2.40. The molecule has 6 heteroatoms. The van der Waals surface area contributed by atoms with Gasteiger partial charge in [0.25, 0.3) is 0 Å². The summed E-state index contributed by atoms with van der Waals surface area (Å²) in [7, 11) is 0. The van der Waals surface area contributed by atoms with Crippen LogP contribution in [0.25, 0.3) is 5.69 Å². The van der Waals surface area contributed by atoms with Crippen molar-refractivity contribution in [1.82, 2.24) is 14.5 Å². The molecule has 1 N–H and O–H groups in total. The zero-order valence-electron chi connectivity index (χ0n) is 14.3. The molecule has 130 valence electrons. The Morgan fingerprint density at radius 2 is 2.08 bits per heavy atom. The third-order valence-corrected chi connectivity index (χ3v) is 4.60. The highest BCUT2D eigenvalue weighted by Crippen LogP contribution is 2.22. The van der Waals surface area contributed by atoms with Crippen molar-refractivity contribution in [3.8, 4) is 5.69 Å². The molecule has 2 heterocycles. The van der Waals surface area contributed by atoms with Crippen LogP contribution < -0.4 is 5.32 Å². The number of aryl methyl sites for hydroxylation is 1. The number of nitrogens with one attached hydrogen (secondary N) is 1. The summed E-state index contributed by atoms with van der Waals surface area (Å²) in [6.07, 6.45) is 8.05. The maximum Gasteiger partial charge on any atom is 0.245 e. The molecule has 0 unspecified atom stereocenters. The third kappa shape index (κ3) is 3.79. The van der Waals surface area contributed by atoms with E-state index in [2.05, 4.69) is 16.9 Å². The van der Waals surface area contributed by atoms with Crippen LogP contribution in [0.15, 0.2) is 49.6 Å². The minimum absolute atomic E-state index is 0.0143. The normalized spacial score (nSPS) is 15.0. The van der Waals surface area contributed by atoms with Crippen molar-refractivity contribution in [2.24, 2.45) is 5.92 Å². The number of aromatic nitrogens is 2. The van der Waals surface area contributed by atoms with Gasteiger partial charge in [-0.2, -0.15) is 0 Å². The lowest BCUT2D eigenvalue weighted by molar-refractivity contribution is -0.130. The van der Waals surface area contributed by atoms with Gasteiger partial charge >= 0.3 is 0 Å². The molecule has 6 nitrogen and oxygen atoms in total. The first-order chi connectivity index (χ1) is 12.1. The van der Waals surface area contributed by atoms with Crippen molar-refractivity contribution in [2.75, 3.05) is 18.4 Å². The van der Waals surface area contributed by atoms with Crippen molar-refractivity contribution < 1.29 is 9.59 Å². The fourth-order valence-electron chi connectivity index (χ4n) is 3.16. The van der Waals surface area contributed by atoms with E-state index in [-0.39, 0.29) is 17.7 Å². The first-order valence-corrected chi connectivity index (χ1v) is 8.39. The highest BCUT2D eigenvalue weighted by atomic mass is 16.2. The topological polar surface area (TPSA) is 67.2 Å². The number of carbonyl (C=O) groups is 2. The Kier molecular flexibility index (Phi) is 4.97. The van der Waals surface area contributed by atoms with Crippen molar-refractivity contribution >= 4 is 17.5 Å². The van der Waals surface area contributed by atoms with E-state index in [1.807, 2.05) is 35.9 Å². The second-order valence-electron chi connectivity index (χ2n) is 6.26. The Hall–Kier alpha value is -2.89. The zero-order valence-corrected chi connectivity index (χ0v) is 14.3. The van der Waals surface area contributed by atoms with E-state index in [1.165, 1.54) is 6.08 Å². The lowest BCUT2D eigenvalue weighted by Gasteiger charge is -2.30. The van der Waals surface area contributed by atoms with Crippen molar-refractivity contribution in [3.05, 3.63) is 55.1 Å². The van der Waals surface area contributed by atoms with Crippen LogP contribution in [0.5, 0.6) is 0 Å². The molecule has 1 aromatic heterocycles.